The van der Waals surface area contributed by atoms with Crippen LogP contribution in [0.25, 0.3) is 0 Å². The van der Waals surface area contributed by atoms with Crippen LogP contribution in [0.2, 0.25) is 0 Å². The van der Waals surface area contributed by atoms with Gasteiger partial charge in [0.1, 0.15) is 5.75 Å². The molecule has 1 aromatic carbocycles. The number of nitrogens with one attached hydrogen (secondary N) is 1. The quantitative estimate of drug-likeness (QED) is 0.879. The highest BCUT2D eigenvalue weighted by atomic mass is 32.2. The van der Waals surface area contributed by atoms with E-state index in [4.69, 9.17) is 4.74 Å². The van der Waals surface area contributed by atoms with Crippen LogP contribution in [-0.2, 0) is 15.4 Å². The van der Waals surface area contributed by atoms with Crippen molar-refractivity contribution in [2.75, 3.05) is 13.7 Å². The van der Waals surface area contributed by atoms with Gasteiger partial charge in [0, 0.05) is 12.0 Å². The fraction of sp³-hybridized carbons (Fsp3) is 0.625. The number of sulfonamides is 1. The topological polar surface area (TPSA) is 55.4 Å². The summed E-state index contributed by atoms with van der Waals surface area (Å²) in [5.74, 6) is 0.838. The molecular weight excluding hydrogens is 286 g/mol. The van der Waals surface area contributed by atoms with Crippen LogP contribution in [0, 0.1) is 0 Å². The molecule has 1 aromatic rings. The first kappa shape index (κ1) is 14.9. The second kappa shape index (κ2) is 5.61. The van der Waals surface area contributed by atoms with Crippen molar-refractivity contribution in [3.8, 4) is 5.75 Å². The summed E-state index contributed by atoms with van der Waals surface area (Å²) in [7, 11) is -1.45. The Morgan fingerprint density at radius 2 is 1.81 bits per heavy atom. The van der Waals surface area contributed by atoms with E-state index in [1.54, 1.807) is 7.11 Å². The van der Waals surface area contributed by atoms with E-state index in [9.17, 15) is 8.42 Å². The minimum absolute atomic E-state index is 0.0474. The van der Waals surface area contributed by atoms with Crippen LogP contribution >= 0.6 is 0 Å². The van der Waals surface area contributed by atoms with Crippen LogP contribution in [-0.4, -0.2) is 27.3 Å². The highest BCUT2D eigenvalue weighted by molar-refractivity contribution is 7.90. The molecule has 0 amide bonds. The second-order valence-electron chi connectivity index (χ2n) is 6.28. The molecule has 0 spiro atoms. The summed E-state index contributed by atoms with van der Waals surface area (Å²) in [5.41, 5.74) is 1.17. The molecule has 21 heavy (non-hydrogen) atoms. The second-order valence-corrected chi connectivity index (χ2v) is 8.33. The van der Waals surface area contributed by atoms with Crippen LogP contribution in [0.4, 0.5) is 0 Å². The Hall–Kier alpha value is -1.07. The Kier molecular flexibility index (Phi) is 3.97. The highest BCUT2D eigenvalue weighted by Crippen LogP contribution is 2.41. The van der Waals surface area contributed by atoms with Gasteiger partial charge in [-0.15, -0.1) is 0 Å². The Morgan fingerprint density at radius 1 is 1.19 bits per heavy atom. The smallest absolute Gasteiger partial charge is 0.214 e. The first-order chi connectivity index (χ1) is 10.1. The first-order valence-corrected chi connectivity index (χ1v) is 9.23. The third-order valence-electron chi connectivity index (χ3n) is 4.84. The van der Waals surface area contributed by atoms with Gasteiger partial charge in [-0.1, -0.05) is 25.0 Å². The average Bonchev–Trinajstić information content (AvgIpc) is 3.26. The van der Waals surface area contributed by atoms with Crippen LogP contribution in [0.1, 0.15) is 44.1 Å². The Bertz CT molecular complexity index is 584. The molecule has 2 saturated carbocycles. The van der Waals surface area contributed by atoms with Gasteiger partial charge in [0.05, 0.1) is 12.4 Å². The Morgan fingerprint density at radius 3 is 2.33 bits per heavy atom. The number of hydrogen-bond acceptors (Lipinski definition) is 3. The van der Waals surface area contributed by atoms with E-state index >= 15 is 0 Å². The largest absolute Gasteiger partial charge is 0.497 e. The SMILES string of the molecule is COc1ccc(C2(CNS(=O)(=O)C3CC3)CCCC2)cc1. The number of ether oxygens (including phenoxy) is 1. The van der Waals surface area contributed by atoms with Crippen molar-refractivity contribution in [1.29, 1.82) is 0 Å². The van der Waals surface area contributed by atoms with Gasteiger partial charge in [-0.3, -0.25) is 0 Å². The minimum atomic E-state index is -3.11. The summed E-state index contributed by atoms with van der Waals surface area (Å²) in [6, 6.07) is 8.08. The van der Waals surface area contributed by atoms with E-state index in [0.29, 0.717) is 6.54 Å². The van der Waals surface area contributed by atoms with Crippen LogP contribution in [0.5, 0.6) is 5.75 Å². The number of rotatable bonds is 6. The van der Waals surface area contributed by atoms with Crippen molar-refractivity contribution in [3.05, 3.63) is 29.8 Å². The lowest BCUT2D eigenvalue weighted by Gasteiger charge is -2.30. The van der Waals surface area contributed by atoms with E-state index in [0.717, 1.165) is 44.3 Å². The van der Waals surface area contributed by atoms with Crippen LogP contribution in [0.3, 0.4) is 0 Å². The van der Waals surface area contributed by atoms with Crippen molar-refractivity contribution in [2.24, 2.45) is 0 Å². The van der Waals surface area contributed by atoms with E-state index in [1.807, 2.05) is 12.1 Å². The number of methoxy groups -OCH3 is 1. The van der Waals surface area contributed by atoms with E-state index < -0.39 is 10.0 Å². The first-order valence-electron chi connectivity index (χ1n) is 7.69. The normalized spacial score (nSPS) is 21.4. The maximum absolute atomic E-state index is 12.1. The monoisotopic (exact) mass is 309 g/mol. The third-order valence-corrected chi connectivity index (χ3v) is 6.73. The zero-order chi connectivity index (χ0) is 14.9. The van der Waals surface area contributed by atoms with Gasteiger partial charge in [0.15, 0.2) is 0 Å². The summed E-state index contributed by atoms with van der Waals surface area (Å²) in [4.78, 5) is 0. The Balaban J connectivity index is 1.78. The summed E-state index contributed by atoms with van der Waals surface area (Å²) in [6.45, 7) is 0.526. The molecule has 0 bridgehead atoms. The minimum Gasteiger partial charge on any atom is -0.497 e. The molecule has 2 aliphatic rings. The maximum Gasteiger partial charge on any atom is 0.214 e. The van der Waals surface area contributed by atoms with E-state index in [2.05, 4.69) is 16.9 Å². The van der Waals surface area contributed by atoms with Gasteiger partial charge in [0.2, 0.25) is 10.0 Å². The standard InChI is InChI=1S/C16H23NO3S/c1-20-14-6-4-13(5-7-14)16(10-2-3-11-16)12-17-21(18,19)15-8-9-15/h4-7,15,17H,2-3,8-12H2,1H3. The fourth-order valence-electron chi connectivity index (χ4n) is 3.30. The highest BCUT2D eigenvalue weighted by Gasteiger charge is 2.40. The predicted molar refractivity (Wildman–Crippen MR) is 83.1 cm³/mol. The van der Waals surface area contributed by atoms with Gasteiger partial charge in [-0.25, -0.2) is 13.1 Å². The number of benzene rings is 1. The lowest BCUT2D eigenvalue weighted by molar-refractivity contribution is 0.410. The molecule has 1 N–H and O–H groups in total. The van der Waals surface area contributed by atoms with Gasteiger partial charge >= 0.3 is 0 Å². The van der Waals surface area contributed by atoms with E-state index in [-0.39, 0.29) is 10.7 Å². The molecule has 0 aromatic heterocycles. The average molecular weight is 309 g/mol. The van der Waals surface area contributed by atoms with Crippen molar-refractivity contribution < 1.29 is 13.2 Å². The molecule has 3 rings (SSSR count). The molecule has 0 radical (unpaired) electrons. The van der Waals surface area contributed by atoms with Crippen molar-refractivity contribution in [1.82, 2.24) is 4.72 Å². The zero-order valence-electron chi connectivity index (χ0n) is 12.5. The van der Waals surface area contributed by atoms with Gasteiger partial charge < -0.3 is 4.74 Å². The molecule has 0 atom stereocenters. The molecule has 0 aliphatic heterocycles. The summed E-state index contributed by atoms with van der Waals surface area (Å²) < 4.78 is 32.3. The maximum atomic E-state index is 12.1. The molecular formula is C16H23NO3S. The van der Waals surface area contributed by atoms with Crippen molar-refractivity contribution in [3.63, 3.8) is 0 Å². The number of hydrogen-bond donors (Lipinski definition) is 1. The lowest BCUT2D eigenvalue weighted by Crippen LogP contribution is -2.40. The molecule has 116 valence electrons. The van der Waals surface area contributed by atoms with Crippen LogP contribution in [0.15, 0.2) is 24.3 Å². The summed E-state index contributed by atoms with van der Waals surface area (Å²) in [6.07, 6.45) is 6.04. The molecule has 5 heteroatoms. The van der Waals surface area contributed by atoms with Crippen LogP contribution < -0.4 is 9.46 Å². The predicted octanol–water partition coefficient (Wildman–Crippen LogP) is 2.59. The van der Waals surface area contributed by atoms with Gasteiger partial charge in [-0.05, 0) is 43.4 Å². The summed E-state index contributed by atoms with van der Waals surface area (Å²) >= 11 is 0. The van der Waals surface area contributed by atoms with Gasteiger partial charge in [0.25, 0.3) is 0 Å². The fourth-order valence-corrected chi connectivity index (χ4v) is 4.77. The molecule has 4 nitrogen and oxygen atoms in total. The molecule has 0 saturated heterocycles. The van der Waals surface area contributed by atoms with E-state index in [1.165, 1.54) is 5.56 Å². The van der Waals surface area contributed by atoms with Crippen molar-refractivity contribution >= 4 is 10.0 Å². The third kappa shape index (κ3) is 3.09. The summed E-state index contributed by atoms with van der Waals surface area (Å²) in [5, 5.41) is -0.146. The molecule has 0 unspecified atom stereocenters. The van der Waals surface area contributed by atoms with Crippen molar-refractivity contribution in [2.45, 2.75) is 49.2 Å². The lowest BCUT2D eigenvalue weighted by atomic mass is 9.79. The molecule has 2 fully saturated rings. The molecule has 0 heterocycles. The zero-order valence-corrected chi connectivity index (χ0v) is 13.3. The van der Waals surface area contributed by atoms with Gasteiger partial charge in [-0.2, -0.15) is 0 Å². The molecule has 2 aliphatic carbocycles. The Labute approximate surface area is 126 Å².